The molecular weight excluding hydrogens is 371 g/mol. The lowest BCUT2D eigenvalue weighted by atomic mass is 10.1. The quantitative estimate of drug-likeness (QED) is 0.497. The van der Waals surface area contributed by atoms with Crippen LogP contribution in [0.5, 0.6) is 0 Å². The summed E-state index contributed by atoms with van der Waals surface area (Å²) in [6, 6.07) is 10.5. The Bertz CT molecular complexity index is 858. The van der Waals surface area contributed by atoms with E-state index in [9.17, 15) is 22.8 Å². The molecule has 0 saturated heterocycles. The van der Waals surface area contributed by atoms with E-state index in [-0.39, 0.29) is 6.03 Å². The second-order valence-electron chi connectivity index (χ2n) is 5.64. The van der Waals surface area contributed by atoms with Crippen molar-refractivity contribution < 1.29 is 22.8 Å². The lowest BCUT2D eigenvalue weighted by Crippen LogP contribution is -2.28. The minimum Gasteiger partial charge on any atom is -0.334 e. The SMILES string of the molecule is C=CCNC(=O)Nc1ccc(NC(=O)/C=C/c2ccc(C(F)(F)F)cc2)cc1. The molecule has 0 saturated carbocycles. The lowest BCUT2D eigenvalue weighted by molar-refractivity contribution is -0.137. The molecule has 146 valence electrons. The van der Waals surface area contributed by atoms with Gasteiger partial charge in [0, 0.05) is 24.0 Å². The van der Waals surface area contributed by atoms with Gasteiger partial charge in [-0.1, -0.05) is 18.2 Å². The van der Waals surface area contributed by atoms with Gasteiger partial charge in [0.05, 0.1) is 5.56 Å². The second-order valence-corrected chi connectivity index (χ2v) is 5.64. The zero-order chi connectivity index (χ0) is 20.6. The normalized spacial score (nSPS) is 11.1. The molecule has 5 nitrogen and oxygen atoms in total. The van der Waals surface area contributed by atoms with Gasteiger partial charge in [-0.25, -0.2) is 4.79 Å². The van der Waals surface area contributed by atoms with E-state index in [0.29, 0.717) is 23.5 Å². The van der Waals surface area contributed by atoms with Gasteiger partial charge in [0.15, 0.2) is 0 Å². The summed E-state index contributed by atoms with van der Waals surface area (Å²) in [4.78, 5) is 23.4. The summed E-state index contributed by atoms with van der Waals surface area (Å²) in [5, 5.41) is 7.79. The molecule has 2 aromatic carbocycles. The molecule has 0 unspecified atom stereocenters. The van der Waals surface area contributed by atoms with Crippen molar-refractivity contribution in [1.29, 1.82) is 0 Å². The first-order chi connectivity index (χ1) is 13.3. The number of anilines is 2. The third-order valence-electron chi connectivity index (χ3n) is 3.48. The van der Waals surface area contributed by atoms with Gasteiger partial charge >= 0.3 is 12.2 Å². The third-order valence-corrected chi connectivity index (χ3v) is 3.48. The lowest BCUT2D eigenvalue weighted by Gasteiger charge is -2.07. The molecule has 2 aromatic rings. The van der Waals surface area contributed by atoms with Crippen LogP contribution in [0, 0.1) is 0 Å². The molecule has 0 spiro atoms. The maximum absolute atomic E-state index is 12.5. The van der Waals surface area contributed by atoms with Crippen LogP contribution in [0.25, 0.3) is 6.08 Å². The van der Waals surface area contributed by atoms with Gasteiger partial charge in [-0.3, -0.25) is 4.79 Å². The predicted molar refractivity (Wildman–Crippen MR) is 103 cm³/mol. The van der Waals surface area contributed by atoms with Crippen LogP contribution < -0.4 is 16.0 Å². The number of hydrogen-bond acceptors (Lipinski definition) is 2. The monoisotopic (exact) mass is 389 g/mol. The molecule has 0 fully saturated rings. The number of rotatable bonds is 6. The van der Waals surface area contributed by atoms with Crippen molar-refractivity contribution in [2.24, 2.45) is 0 Å². The summed E-state index contributed by atoms with van der Waals surface area (Å²) in [6.45, 7) is 3.83. The van der Waals surface area contributed by atoms with E-state index in [4.69, 9.17) is 0 Å². The highest BCUT2D eigenvalue weighted by molar-refractivity contribution is 6.02. The first-order valence-corrected chi connectivity index (χ1v) is 8.20. The highest BCUT2D eigenvalue weighted by Gasteiger charge is 2.29. The van der Waals surface area contributed by atoms with Gasteiger partial charge < -0.3 is 16.0 Å². The van der Waals surface area contributed by atoms with Gasteiger partial charge in [-0.2, -0.15) is 13.2 Å². The molecule has 8 heteroatoms. The fourth-order valence-electron chi connectivity index (χ4n) is 2.12. The minimum absolute atomic E-state index is 0.339. The Morgan fingerprint density at radius 2 is 1.50 bits per heavy atom. The largest absolute Gasteiger partial charge is 0.416 e. The fourth-order valence-corrected chi connectivity index (χ4v) is 2.12. The van der Waals surface area contributed by atoms with Crippen LogP contribution in [0.2, 0.25) is 0 Å². The first-order valence-electron chi connectivity index (χ1n) is 8.20. The van der Waals surface area contributed by atoms with E-state index < -0.39 is 17.6 Å². The number of urea groups is 1. The Labute approximate surface area is 159 Å². The van der Waals surface area contributed by atoms with Crippen molar-refractivity contribution in [2.75, 3.05) is 17.2 Å². The Balaban J connectivity index is 1.89. The van der Waals surface area contributed by atoms with E-state index in [2.05, 4.69) is 22.5 Å². The van der Waals surface area contributed by atoms with Crippen molar-refractivity contribution in [1.82, 2.24) is 5.32 Å². The summed E-state index contributed by atoms with van der Waals surface area (Å²) < 4.78 is 37.5. The molecule has 0 aliphatic carbocycles. The van der Waals surface area contributed by atoms with Crippen molar-refractivity contribution in [3.05, 3.63) is 78.4 Å². The maximum Gasteiger partial charge on any atom is 0.416 e. The highest BCUT2D eigenvalue weighted by Crippen LogP contribution is 2.29. The number of amides is 3. The van der Waals surface area contributed by atoms with Gasteiger partial charge in [-0.15, -0.1) is 6.58 Å². The van der Waals surface area contributed by atoms with E-state index in [0.717, 1.165) is 12.1 Å². The molecule has 0 aliphatic heterocycles. The van der Waals surface area contributed by atoms with E-state index in [1.807, 2.05) is 0 Å². The van der Waals surface area contributed by atoms with Crippen molar-refractivity contribution >= 4 is 29.4 Å². The molecular formula is C20H18F3N3O2. The van der Waals surface area contributed by atoms with Gasteiger partial charge in [0.2, 0.25) is 5.91 Å². The molecule has 3 N–H and O–H groups in total. The number of carbonyl (C=O) groups excluding carboxylic acids is 2. The average Bonchev–Trinajstić information content (AvgIpc) is 2.66. The fraction of sp³-hybridized carbons (Fsp3) is 0.100. The highest BCUT2D eigenvalue weighted by atomic mass is 19.4. The Morgan fingerprint density at radius 1 is 0.929 bits per heavy atom. The predicted octanol–water partition coefficient (Wildman–Crippen LogP) is 4.66. The zero-order valence-corrected chi connectivity index (χ0v) is 14.7. The Hall–Kier alpha value is -3.55. The third kappa shape index (κ3) is 6.64. The number of halogens is 3. The Kier molecular flexibility index (Phi) is 6.97. The Morgan fingerprint density at radius 3 is 2.04 bits per heavy atom. The summed E-state index contributed by atoms with van der Waals surface area (Å²) in [7, 11) is 0. The van der Waals surface area contributed by atoms with Crippen molar-refractivity contribution in [2.45, 2.75) is 6.18 Å². The number of benzene rings is 2. The van der Waals surface area contributed by atoms with Crippen LogP contribution in [-0.4, -0.2) is 18.5 Å². The molecule has 0 heterocycles. The molecule has 0 aliphatic rings. The molecule has 28 heavy (non-hydrogen) atoms. The average molecular weight is 389 g/mol. The smallest absolute Gasteiger partial charge is 0.334 e. The summed E-state index contributed by atoms with van der Waals surface area (Å²) in [6.07, 6.45) is -0.212. The van der Waals surface area contributed by atoms with Gasteiger partial charge in [-0.05, 0) is 48.0 Å². The van der Waals surface area contributed by atoms with Crippen LogP contribution in [-0.2, 0) is 11.0 Å². The maximum atomic E-state index is 12.5. The number of nitrogens with one attached hydrogen (secondary N) is 3. The topological polar surface area (TPSA) is 70.2 Å². The van der Waals surface area contributed by atoms with Gasteiger partial charge in [0.25, 0.3) is 0 Å². The molecule has 0 atom stereocenters. The van der Waals surface area contributed by atoms with E-state index >= 15 is 0 Å². The second kappa shape index (κ2) is 9.40. The van der Waals surface area contributed by atoms with E-state index in [1.165, 1.54) is 24.3 Å². The zero-order valence-electron chi connectivity index (χ0n) is 14.7. The number of carbonyl (C=O) groups is 2. The number of hydrogen-bond donors (Lipinski definition) is 3. The van der Waals surface area contributed by atoms with Crippen LogP contribution in [0.15, 0.2) is 67.3 Å². The van der Waals surface area contributed by atoms with E-state index in [1.54, 1.807) is 30.3 Å². The standard InChI is InChI=1S/C20H18F3N3O2/c1-2-13-24-19(28)26-17-10-8-16(9-11-17)25-18(27)12-5-14-3-6-15(7-4-14)20(21,22)23/h2-12H,1,13H2,(H,25,27)(H2,24,26,28)/b12-5+. The van der Waals surface area contributed by atoms with Gasteiger partial charge in [0.1, 0.15) is 0 Å². The molecule has 0 aromatic heterocycles. The van der Waals surface area contributed by atoms with Crippen molar-refractivity contribution in [3.63, 3.8) is 0 Å². The molecule has 2 rings (SSSR count). The van der Waals surface area contributed by atoms with Crippen LogP contribution in [0.1, 0.15) is 11.1 Å². The van der Waals surface area contributed by atoms with Crippen LogP contribution >= 0.6 is 0 Å². The summed E-state index contributed by atoms with van der Waals surface area (Å²) in [5.41, 5.74) is 0.758. The summed E-state index contributed by atoms with van der Waals surface area (Å²) in [5.74, 6) is -0.440. The molecule has 3 amide bonds. The first kappa shape index (κ1) is 20.8. The summed E-state index contributed by atoms with van der Waals surface area (Å²) >= 11 is 0. The van der Waals surface area contributed by atoms with Crippen LogP contribution in [0.4, 0.5) is 29.3 Å². The molecule has 0 bridgehead atoms. The van der Waals surface area contributed by atoms with Crippen molar-refractivity contribution in [3.8, 4) is 0 Å². The number of alkyl halides is 3. The van der Waals surface area contributed by atoms with Crippen LogP contribution in [0.3, 0.4) is 0 Å². The molecule has 0 radical (unpaired) electrons. The minimum atomic E-state index is -4.40.